The van der Waals surface area contributed by atoms with Gasteiger partial charge >= 0.3 is 0 Å². The van der Waals surface area contributed by atoms with Crippen LogP contribution in [0.4, 0.5) is 5.69 Å². The second-order valence-corrected chi connectivity index (χ2v) is 6.32. The number of rotatable bonds is 3. The van der Waals surface area contributed by atoms with E-state index in [9.17, 15) is 4.79 Å². The summed E-state index contributed by atoms with van der Waals surface area (Å²) in [4.78, 5) is 16.8. The first-order valence-electron chi connectivity index (χ1n) is 8.45. The van der Waals surface area contributed by atoms with Crippen molar-refractivity contribution in [1.82, 2.24) is 4.98 Å². The smallest absolute Gasteiger partial charge is 0.255 e. The minimum absolute atomic E-state index is 0.133. The van der Waals surface area contributed by atoms with E-state index in [2.05, 4.69) is 24.1 Å². The van der Waals surface area contributed by atoms with E-state index in [0.717, 1.165) is 22.4 Å². The largest absolute Gasteiger partial charge is 0.436 e. The van der Waals surface area contributed by atoms with Gasteiger partial charge in [0.25, 0.3) is 5.91 Å². The fourth-order valence-corrected chi connectivity index (χ4v) is 2.79. The van der Waals surface area contributed by atoms with Gasteiger partial charge < -0.3 is 9.73 Å². The zero-order valence-corrected chi connectivity index (χ0v) is 14.6. The third-order valence-corrected chi connectivity index (χ3v) is 4.43. The Balaban J connectivity index is 1.57. The Kier molecular flexibility index (Phi) is 4.01. The molecule has 0 aliphatic heterocycles. The van der Waals surface area contributed by atoms with Crippen molar-refractivity contribution in [2.75, 3.05) is 5.32 Å². The predicted molar refractivity (Wildman–Crippen MR) is 103 cm³/mol. The molecule has 0 spiro atoms. The van der Waals surface area contributed by atoms with E-state index < -0.39 is 0 Å². The molecule has 0 atom stereocenters. The lowest BCUT2D eigenvalue weighted by Gasteiger charge is -2.05. The van der Waals surface area contributed by atoms with Crippen LogP contribution in [-0.4, -0.2) is 10.9 Å². The molecule has 0 radical (unpaired) electrons. The van der Waals surface area contributed by atoms with Gasteiger partial charge in [0.05, 0.1) is 0 Å². The highest BCUT2D eigenvalue weighted by Crippen LogP contribution is 2.27. The number of anilines is 1. The second-order valence-electron chi connectivity index (χ2n) is 6.32. The van der Waals surface area contributed by atoms with E-state index in [-0.39, 0.29) is 5.91 Å². The lowest BCUT2D eigenvalue weighted by molar-refractivity contribution is 0.102. The van der Waals surface area contributed by atoms with Gasteiger partial charge in [-0.2, -0.15) is 0 Å². The molecular formula is C22H18N2O2. The molecule has 0 aliphatic carbocycles. The predicted octanol–water partition coefficient (Wildman–Crippen LogP) is 5.36. The van der Waals surface area contributed by atoms with E-state index >= 15 is 0 Å². The average molecular weight is 342 g/mol. The van der Waals surface area contributed by atoms with Crippen LogP contribution in [0.25, 0.3) is 22.6 Å². The third-order valence-electron chi connectivity index (χ3n) is 4.43. The molecule has 0 saturated carbocycles. The van der Waals surface area contributed by atoms with Crippen molar-refractivity contribution in [3.63, 3.8) is 0 Å². The Bertz CT molecular complexity index is 1040. The van der Waals surface area contributed by atoms with Crippen LogP contribution < -0.4 is 5.32 Å². The van der Waals surface area contributed by atoms with Gasteiger partial charge in [-0.3, -0.25) is 4.79 Å². The maximum Gasteiger partial charge on any atom is 0.255 e. The van der Waals surface area contributed by atoms with Gasteiger partial charge in [0.15, 0.2) is 5.58 Å². The normalized spacial score (nSPS) is 10.8. The molecule has 1 heterocycles. The molecule has 0 unspecified atom stereocenters. The van der Waals surface area contributed by atoms with Crippen molar-refractivity contribution < 1.29 is 9.21 Å². The first-order chi connectivity index (χ1) is 12.6. The van der Waals surface area contributed by atoms with Gasteiger partial charge in [0.1, 0.15) is 5.52 Å². The topological polar surface area (TPSA) is 55.1 Å². The van der Waals surface area contributed by atoms with Crippen molar-refractivity contribution in [3.8, 4) is 11.5 Å². The van der Waals surface area contributed by atoms with E-state index in [1.165, 1.54) is 11.1 Å². The Morgan fingerprint density at radius 3 is 2.35 bits per heavy atom. The van der Waals surface area contributed by atoms with Crippen molar-refractivity contribution in [3.05, 3.63) is 83.4 Å². The average Bonchev–Trinajstić information content (AvgIpc) is 3.06. The first kappa shape index (κ1) is 16.1. The molecular weight excluding hydrogens is 324 g/mol. The fourth-order valence-electron chi connectivity index (χ4n) is 2.79. The molecule has 4 nitrogen and oxygen atoms in total. The quantitative estimate of drug-likeness (QED) is 0.545. The van der Waals surface area contributed by atoms with Crippen LogP contribution in [0.5, 0.6) is 0 Å². The van der Waals surface area contributed by atoms with E-state index in [1.54, 1.807) is 12.1 Å². The summed E-state index contributed by atoms with van der Waals surface area (Å²) in [5, 5.41) is 2.89. The summed E-state index contributed by atoms with van der Waals surface area (Å²) in [7, 11) is 0. The van der Waals surface area contributed by atoms with Crippen molar-refractivity contribution in [2.24, 2.45) is 0 Å². The maximum atomic E-state index is 12.2. The Morgan fingerprint density at radius 2 is 1.62 bits per heavy atom. The molecule has 4 rings (SSSR count). The van der Waals surface area contributed by atoms with E-state index in [1.807, 2.05) is 54.6 Å². The van der Waals surface area contributed by atoms with Crippen LogP contribution in [-0.2, 0) is 0 Å². The number of hydrogen-bond donors (Lipinski definition) is 1. The van der Waals surface area contributed by atoms with Crippen LogP contribution in [0.15, 0.2) is 71.1 Å². The Morgan fingerprint density at radius 1 is 0.923 bits per heavy atom. The molecule has 4 aromatic rings. The molecule has 128 valence electrons. The molecule has 4 heteroatoms. The number of hydrogen-bond acceptors (Lipinski definition) is 3. The summed E-state index contributed by atoms with van der Waals surface area (Å²) < 4.78 is 5.88. The molecule has 0 bridgehead atoms. The van der Waals surface area contributed by atoms with E-state index in [0.29, 0.717) is 11.5 Å². The van der Waals surface area contributed by atoms with Crippen LogP contribution in [0.2, 0.25) is 0 Å². The molecule has 0 saturated heterocycles. The maximum absolute atomic E-state index is 12.2. The zero-order valence-electron chi connectivity index (χ0n) is 14.6. The highest BCUT2D eigenvalue weighted by molar-refractivity contribution is 6.04. The Labute approximate surface area is 151 Å². The minimum atomic E-state index is -0.133. The minimum Gasteiger partial charge on any atom is -0.436 e. The molecule has 3 aromatic carbocycles. The number of nitrogens with one attached hydrogen (secondary N) is 1. The summed E-state index contributed by atoms with van der Waals surface area (Å²) >= 11 is 0. The van der Waals surface area contributed by atoms with Crippen LogP contribution in [0.1, 0.15) is 21.5 Å². The number of nitrogens with zero attached hydrogens (tertiary/aromatic N) is 1. The number of benzene rings is 3. The van der Waals surface area contributed by atoms with Crippen LogP contribution in [0, 0.1) is 13.8 Å². The van der Waals surface area contributed by atoms with Crippen molar-refractivity contribution in [2.45, 2.75) is 13.8 Å². The second kappa shape index (κ2) is 6.48. The molecule has 26 heavy (non-hydrogen) atoms. The summed E-state index contributed by atoms with van der Waals surface area (Å²) in [6, 6.07) is 20.7. The van der Waals surface area contributed by atoms with E-state index in [4.69, 9.17) is 4.42 Å². The first-order valence-corrected chi connectivity index (χ1v) is 8.45. The zero-order chi connectivity index (χ0) is 18.1. The summed E-state index contributed by atoms with van der Waals surface area (Å²) in [5.74, 6) is 0.442. The number of oxazole rings is 1. The van der Waals surface area contributed by atoms with Crippen LogP contribution in [0.3, 0.4) is 0 Å². The number of aryl methyl sites for hydroxylation is 2. The number of amides is 1. The number of aromatic nitrogens is 1. The van der Waals surface area contributed by atoms with Gasteiger partial charge in [-0.25, -0.2) is 4.98 Å². The van der Waals surface area contributed by atoms with Crippen molar-refractivity contribution in [1.29, 1.82) is 0 Å². The molecule has 1 N–H and O–H groups in total. The van der Waals surface area contributed by atoms with Gasteiger partial charge in [0, 0.05) is 16.8 Å². The van der Waals surface area contributed by atoms with Crippen LogP contribution >= 0.6 is 0 Å². The molecule has 0 fully saturated rings. The number of carbonyl (C=O) groups excluding carboxylic acids is 1. The SMILES string of the molecule is Cc1cc2nc(-c3ccc(NC(=O)c4ccccc4)cc3)oc2cc1C. The standard InChI is InChI=1S/C22H18N2O2/c1-14-12-19-20(13-15(14)2)26-22(24-19)17-8-10-18(11-9-17)23-21(25)16-6-4-3-5-7-16/h3-13H,1-2H3,(H,23,25). The van der Waals surface area contributed by atoms with Gasteiger partial charge in [-0.1, -0.05) is 18.2 Å². The highest BCUT2D eigenvalue weighted by Gasteiger charge is 2.10. The lowest BCUT2D eigenvalue weighted by Crippen LogP contribution is -2.11. The fraction of sp³-hybridized carbons (Fsp3) is 0.0909. The number of carbonyl (C=O) groups is 1. The molecule has 1 aromatic heterocycles. The summed E-state index contributed by atoms with van der Waals surface area (Å²) in [6.07, 6.45) is 0. The lowest BCUT2D eigenvalue weighted by atomic mass is 10.1. The van der Waals surface area contributed by atoms with Crippen molar-refractivity contribution >= 4 is 22.7 Å². The summed E-state index contributed by atoms with van der Waals surface area (Å²) in [6.45, 7) is 4.12. The molecule has 0 aliphatic rings. The Hall–Kier alpha value is -3.40. The van der Waals surface area contributed by atoms with Gasteiger partial charge in [-0.15, -0.1) is 0 Å². The monoisotopic (exact) mass is 342 g/mol. The highest BCUT2D eigenvalue weighted by atomic mass is 16.3. The van der Waals surface area contributed by atoms with Gasteiger partial charge in [-0.05, 0) is 73.5 Å². The number of fused-ring (bicyclic) bond motifs is 1. The molecule has 1 amide bonds. The third kappa shape index (κ3) is 3.09. The summed E-state index contributed by atoms with van der Waals surface area (Å²) in [5.41, 5.74) is 6.23. The van der Waals surface area contributed by atoms with Gasteiger partial charge in [0.2, 0.25) is 5.89 Å².